The molecule has 0 atom stereocenters. The molecule has 1 heterocycles. The molecule has 0 spiro atoms. The molecule has 3 aromatic rings. The van der Waals surface area contributed by atoms with Crippen molar-refractivity contribution in [2.24, 2.45) is 0 Å². The Hall–Kier alpha value is -2.52. The van der Waals surface area contributed by atoms with Crippen LogP contribution >= 0.6 is 23.4 Å². The van der Waals surface area contributed by atoms with Gasteiger partial charge in [-0.25, -0.2) is 0 Å². The van der Waals surface area contributed by atoms with E-state index in [1.165, 1.54) is 12.1 Å². The lowest BCUT2D eigenvalue weighted by Gasteiger charge is -2.08. The fraction of sp³-hybridized carbons (Fsp3) is 0.118. The molecule has 0 aliphatic heterocycles. The van der Waals surface area contributed by atoms with Gasteiger partial charge in [0.05, 0.1) is 11.3 Å². The van der Waals surface area contributed by atoms with E-state index in [-0.39, 0.29) is 22.6 Å². The number of carbonyl (C=O) groups is 1. The minimum Gasteiger partial charge on any atom is -0.411 e. The maximum atomic E-state index is 12.5. The minimum atomic E-state index is -4.42. The SMILES string of the molecule is O=C(CSc1nnc(-c2cccc(Cl)c2)o1)Nc1ccc(C(F)(F)F)cc1. The predicted molar refractivity (Wildman–Crippen MR) is 95.5 cm³/mol. The fourth-order valence-electron chi connectivity index (χ4n) is 2.07. The number of nitrogens with one attached hydrogen (secondary N) is 1. The van der Waals surface area contributed by atoms with Gasteiger partial charge in [-0.3, -0.25) is 4.79 Å². The normalized spacial score (nSPS) is 11.4. The zero-order valence-corrected chi connectivity index (χ0v) is 15.0. The Labute approximate surface area is 160 Å². The highest BCUT2D eigenvalue weighted by molar-refractivity contribution is 7.99. The monoisotopic (exact) mass is 413 g/mol. The Bertz CT molecular complexity index is 945. The van der Waals surface area contributed by atoms with E-state index in [9.17, 15) is 18.0 Å². The molecule has 1 aromatic heterocycles. The molecule has 0 fully saturated rings. The van der Waals surface area contributed by atoms with Gasteiger partial charge in [0, 0.05) is 16.3 Å². The van der Waals surface area contributed by atoms with Crippen LogP contribution in [0.3, 0.4) is 0 Å². The molecular formula is C17H11ClF3N3O2S. The van der Waals surface area contributed by atoms with Gasteiger partial charge < -0.3 is 9.73 Å². The van der Waals surface area contributed by atoms with Crippen molar-refractivity contribution in [1.82, 2.24) is 10.2 Å². The lowest BCUT2D eigenvalue weighted by atomic mass is 10.2. The van der Waals surface area contributed by atoms with Crippen LogP contribution in [0, 0.1) is 0 Å². The zero-order valence-electron chi connectivity index (χ0n) is 13.5. The summed E-state index contributed by atoms with van der Waals surface area (Å²) in [6.07, 6.45) is -4.42. The van der Waals surface area contributed by atoms with Crippen LogP contribution in [0.1, 0.15) is 5.56 Å². The average Bonchev–Trinajstić information content (AvgIpc) is 3.09. The molecule has 1 N–H and O–H groups in total. The van der Waals surface area contributed by atoms with Crippen LogP contribution in [0.2, 0.25) is 5.02 Å². The predicted octanol–water partition coefficient (Wildman–Crippen LogP) is 5.14. The minimum absolute atomic E-state index is 0.0435. The summed E-state index contributed by atoms with van der Waals surface area (Å²) in [7, 11) is 0. The molecule has 3 rings (SSSR count). The van der Waals surface area contributed by atoms with Crippen molar-refractivity contribution in [3.63, 3.8) is 0 Å². The van der Waals surface area contributed by atoms with Crippen molar-refractivity contribution in [3.8, 4) is 11.5 Å². The molecule has 10 heteroatoms. The number of nitrogens with zero attached hydrogens (tertiary/aromatic N) is 2. The number of amides is 1. The van der Waals surface area contributed by atoms with Gasteiger partial charge in [-0.05, 0) is 42.5 Å². The Morgan fingerprint density at radius 2 is 1.89 bits per heavy atom. The lowest BCUT2D eigenvalue weighted by molar-refractivity contribution is -0.137. The number of benzene rings is 2. The number of alkyl halides is 3. The average molecular weight is 414 g/mol. The van der Waals surface area contributed by atoms with E-state index >= 15 is 0 Å². The number of thioether (sulfide) groups is 1. The third-order valence-corrected chi connectivity index (χ3v) is 4.35. The van der Waals surface area contributed by atoms with Gasteiger partial charge in [0.25, 0.3) is 5.22 Å². The molecular weight excluding hydrogens is 403 g/mol. The second kappa shape index (κ2) is 8.01. The Morgan fingerprint density at radius 3 is 2.56 bits per heavy atom. The van der Waals surface area contributed by atoms with Crippen LogP contribution in [0.4, 0.5) is 18.9 Å². The highest BCUT2D eigenvalue weighted by Crippen LogP contribution is 2.30. The van der Waals surface area contributed by atoms with Crippen LogP contribution in [0.5, 0.6) is 0 Å². The van der Waals surface area contributed by atoms with Crippen molar-refractivity contribution in [1.29, 1.82) is 0 Å². The van der Waals surface area contributed by atoms with E-state index in [1.807, 2.05) is 0 Å². The standard InChI is InChI=1S/C17H11ClF3N3O2S/c18-12-3-1-2-10(8-12)15-23-24-16(26-15)27-9-14(25)22-13-6-4-11(5-7-13)17(19,20)21/h1-8H,9H2,(H,22,25). The number of hydrogen-bond acceptors (Lipinski definition) is 5. The summed E-state index contributed by atoms with van der Waals surface area (Å²) in [5.41, 5.74) is 0.129. The summed E-state index contributed by atoms with van der Waals surface area (Å²) >= 11 is 6.92. The molecule has 0 saturated heterocycles. The first kappa shape index (κ1) is 19.2. The van der Waals surface area contributed by atoms with Crippen molar-refractivity contribution in [2.75, 3.05) is 11.1 Å². The Balaban J connectivity index is 1.55. The molecule has 27 heavy (non-hydrogen) atoms. The van der Waals surface area contributed by atoms with E-state index in [0.717, 1.165) is 23.9 Å². The molecule has 0 saturated carbocycles. The van der Waals surface area contributed by atoms with E-state index < -0.39 is 17.6 Å². The van der Waals surface area contributed by atoms with Crippen molar-refractivity contribution in [2.45, 2.75) is 11.4 Å². The number of aromatic nitrogens is 2. The highest BCUT2D eigenvalue weighted by Gasteiger charge is 2.30. The van der Waals surface area contributed by atoms with Gasteiger partial charge in [-0.15, -0.1) is 10.2 Å². The van der Waals surface area contributed by atoms with E-state index in [1.54, 1.807) is 24.3 Å². The second-order valence-electron chi connectivity index (χ2n) is 5.30. The molecule has 0 radical (unpaired) electrons. The quantitative estimate of drug-likeness (QED) is 0.586. The van der Waals surface area contributed by atoms with Gasteiger partial charge in [0.2, 0.25) is 11.8 Å². The summed E-state index contributed by atoms with van der Waals surface area (Å²) in [6, 6.07) is 11.1. The first-order chi connectivity index (χ1) is 12.8. The van der Waals surface area contributed by atoms with E-state index in [0.29, 0.717) is 10.6 Å². The molecule has 0 bridgehead atoms. The smallest absolute Gasteiger partial charge is 0.411 e. The van der Waals surface area contributed by atoms with Gasteiger partial charge >= 0.3 is 6.18 Å². The number of anilines is 1. The molecule has 1 amide bonds. The molecule has 0 unspecified atom stereocenters. The molecule has 5 nitrogen and oxygen atoms in total. The number of rotatable bonds is 5. The van der Waals surface area contributed by atoms with Crippen LogP contribution in [0.25, 0.3) is 11.5 Å². The van der Waals surface area contributed by atoms with Crippen LogP contribution in [-0.4, -0.2) is 21.9 Å². The van der Waals surface area contributed by atoms with Gasteiger partial charge in [-0.2, -0.15) is 13.2 Å². The Morgan fingerprint density at radius 1 is 1.15 bits per heavy atom. The van der Waals surface area contributed by atoms with Crippen molar-refractivity contribution in [3.05, 3.63) is 59.1 Å². The van der Waals surface area contributed by atoms with Crippen LogP contribution < -0.4 is 5.32 Å². The zero-order chi connectivity index (χ0) is 19.4. The third kappa shape index (κ3) is 5.24. The van der Waals surface area contributed by atoms with Crippen molar-refractivity contribution < 1.29 is 22.4 Å². The molecule has 2 aromatic carbocycles. The highest BCUT2D eigenvalue weighted by atomic mass is 35.5. The number of hydrogen-bond donors (Lipinski definition) is 1. The summed E-state index contributed by atoms with van der Waals surface area (Å²) in [5.74, 6) is -0.191. The second-order valence-corrected chi connectivity index (χ2v) is 6.66. The Kier molecular flexibility index (Phi) is 5.71. The number of halogens is 4. The maximum absolute atomic E-state index is 12.5. The molecule has 0 aliphatic rings. The van der Waals surface area contributed by atoms with Crippen LogP contribution in [-0.2, 0) is 11.0 Å². The van der Waals surface area contributed by atoms with Crippen molar-refractivity contribution >= 4 is 35.0 Å². The topological polar surface area (TPSA) is 68.0 Å². The van der Waals surface area contributed by atoms with E-state index in [4.69, 9.17) is 16.0 Å². The third-order valence-electron chi connectivity index (χ3n) is 3.30. The van der Waals surface area contributed by atoms with E-state index in [2.05, 4.69) is 15.5 Å². The van der Waals surface area contributed by atoms with Gasteiger partial charge in [-0.1, -0.05) is 29.4 Å². The fourth-order valence-corrected chi connectivity index (χ4v) is 2.83. The van der Waals surface area contributed by atoms with Gasteiger partial charge in [0.15, 0.2) is 0 Å². The molecule has 140 valence electrons. The largest absolute Gasteiger partial charge is 0.416 e. The first-order valence-corrected chi connectivity index (χ1v) is 8.87. The lowest BCUT2D eigenvalue weighted by Crippen LogP contribution is -2.14. The maximum Gasteiger partial charge on any atom is 0.416 e. The summed E-state index contributed by atoms with van der Waals surface area (Å²) in [6.45, 7) is 0. The first-order valence-electron chi connectivity index (χ1n) is 7.50. The molecule has 0 aliphatic carbocycles. The summed E-state index contributed by atoms with van der Waals surface area (Å²) in [4.78, 5) is 11.9. The number of carbonyl (C=O) groups excluding carboxylic acids is 1. The van der Waals surface area contributed by atoms with Crippen LogP contribution in [0.15, 0.2) is 58.2 Å². The van der Waals surface area contributed by atoms with Gasteiger partial charge in [0.1, 0.15) is 0 Å². The summed E-state index contributed by atoms with van der Waals surface area (Å²) < 4.78 is 43.0. The summed E-state index contributed by atoms with van der Waals surface area (Å²) in [5, 5.41) is 10.9.